The summed E-state index contributed by atoms with van der Waals surface area (Å²) >= 11 is 0. The zero-order chi connectivity index (χ0) is 13.1. The van der Waals surface area contributed by atoms with Gasteiger partial charge in [0.2, 0.25) is 5.91 Å². The second kappa shape index (κ2) is 9.62. The molecule has 1 rings (SSSR count). The van der Waals surface area contributed by atoms with Crippen molar-refractivity contribution in [2.75, 3.05) is 26.3 Å². The Morgan fingerprint density at radius 1 is 1.22 bits per heavy atom. The summed E-state index contributed by atoms with van der Waals surface area (Å²) in [6.45, 7) is 2.44. The molecule has 0 unspecified atom stereocenters. The summed E-state index contributed by atoms with van der Waals surface area (Å²) in [6.07, 6.45) is 2.15. The highest BCUT2D eigenvalue weighted by molar-refractivity contribution is 5.76. The first kappa shape index (κ1) is 14.7. The summed E-state index contributed by atoms with van der Waals surface area (Å²) in [4.78, 5) is 11.5. The minimum Gasteiger partial charge on any atom is -0.380 e. The van der Waals surface area contributed by atoms with Crippen molar-refractivity contribution >= 4 is 5.91 Å². The molecule has 4 heteroatoms. The number of aryl methyl sites for hydroxylation is 1. The number of benzene rings is 1. The van der Waals surface area contributed by atoms with Gasteiger partial charge in [0, 0.05) is 26.1 Å². The molecule has 0 spiro atoms. The molecule has 0 aliphatic carbocycles. The Balaban J connectivity index is 2.01. The van der Waals surface area contributed by atoms with Gasteiger partial charge in [-0.1, -0.05) is 30.3 Å². The lowest BCUT2D eigenvalue weighted by molar-refractivity contribution is -0.121. The van der Waals surface area contributed by atoms with Gasteiger partial charge in [-0.2, -0.15) is 0 Å². The summed E-state index contributed by atoms with van der Waals surface area (Å²) < 4.78 is 5.22. The molecule has 1 aromatic rings. The minimum atomic E-state index is 0.0951. The van der Waals surface area contributed by atoms with Crippen LogP contribution >= 0.6 is 0 Å². The number of hydrogen-bond donors (Lipinski definition) is 2. The maximum absolute atomic E-state index is 11.5. The van der Waals surface area contributed by atoms with Crippen LogP contribution in [0.15, 0.2) is 30.3 Å². The number of ether oxygens (including phenoxy) is 1. The third-order valence-corrected chi connectivity index (χ3v) is 2.53. The Labute approximate surface area is 109 Å². The van der Waals surface area contributed by atoms with Crippen molar-refractivity contribution in [3.63, 3.8) is 0 Å². The highest BCUT2D eigenvalue weighted by atomic mass is 16.5. The van der Waals surface area contributed by atoms with Crippen molar-refractivity contribution < 1.29 is 9.53 Å². The second-order valence-electron chi connectivity index (χ2n) is 4.09. The fourth-order valence-electron chi connectivity index (χ4n) is 1.58. The van der Waals surface area contributed by atoms with E-state index in [4.69, 9.17) is 10.5 Å². The Kier molecular flexibility index (Phi) is 7.84. The van der Waals surface area contributed by atoms with E-state index < -0.39 is 0 Å². The van der Waals surface area contributed by atoms with E-state index in [9.17, 15) is 4.79 Å². The van der Waals surface area contributed by atoms with Gasteiger partial charge in [0.1, 0.15) is 0 Å². The predicted molar refractivity (Wildman–Crippen MR) is 72.3 cm³/mol. The van der Waals surface area contributed by atoms with Crippen molar-refractivity contribution in [3.8, 4) is 0 Å². The fourth-order valence-corrected chi connectivity index (χ4v) is 1.58. The maximum Gasteiger partial charge on any atom is 0.220 e. The Hall–Kier alpha value is -1.39. The summed E-state index contributed by atoms with van der Waals surface area (Å²) in [6, 6.07) is 10.0. The van der Waals surface area contributed by atoms with E-state index in [1.54, 1.807) is 0 Å². The van der Waals surface area contributed by atoms with Crippen molar-refractivity contribution in [1.82, 2.24) is 5.32 Å². The highest BCUT2D eigenvalue weighted by Gasteiger charge is 2.01. The molecule has 18 heavy (non-hydrogen) atoms. The smallest absolute Gasteiger partial charge is 0.220 e. The molecule has 3 N–H and O–H groups in total. The van der Waals surface area contributed by atoms with E-state index in [0.717, 1.165) is 12.8 Å². The van der Waals surface area contributed by atoms with Gasteiger partial charge in [-0.05, 0) is 18.4 Å². The summed E-state index contributed by atoms with van der Waals surface area (Å²) in [7, 11) is 0. The molecule has 0 saturated heterocycles. The molecule has 0 aromatic heterocycles. The summed E-state index contributed by atoms with van der Waals surface area (Å²) in [5.41, 5.74) is 6.49. The van der Waals surface area contributed by atoms with E-state index in [2.05, 4.69) is 5.32 Å². The van der Waals surface area contributed by atoms with Gasteiger partial charge in [0.15, 0.2) is 0 Å². The van der Waals surface area contributed by atoms with Crippen LogP contribution in [0.3, 0.4) is 0 Å². The molecule has 4 nitrogen and oxygen atoms in total. The van der Waals surface area contributed by atoms with Crippen LogP contribution in [0.5, 0.6) is 0 Å². The Morgan fingerprint density at radius 3 is 2.72 bits per heavy atom. The topological polar surface area (TPSA) is 64.3 Å². The van der Waals surface area contributed by atoms with E-state index in [1.165, 1.54) is 5.56 Å². The fraction of sp³-hybridized carbons (Fsp3) is 0.500. The van der Waals surface area contributed by atoms with Gasteiger partial charge in [-0.3, -0.25) is 4.79 Å². The molecule has 0 atom stereocenters. The molecule has 0 aliphatic rings. The summed E-state index contributed by atoms with van der Waals surface area (Å²) in [5, 5.41) is 2.88. The first-order valence-electron chi connectivity index (χ1n) is 6.41. The van der Waals surface area contributed by atoms with Crippen LogP contribution in [0.4, 0.5) is 0 Å². The van der Waals surface area contributed by atoms with E-state index in [1.807, 2.05) is 30.3 Å². The van der Waals surface area contributed by atoms with Gasteiger partial charge >= 0.3 is 0 Å². The van der Waals surface area contributed by atoms with E-state index in [0.29, 0.717) is 32.7 Å². The molecular formula is C14H22N2O2. The molecular weight excluding hydrogens is 228 g/mol. The molecule has 0 heterocycles. The van der Waals surface area contributed by atoms with Crippen molar-refractivity contribution in [3.05, 3.63) is 35.9 Å². The molecule has 1 amide bonds. The normalized spacial score (nSPS) is 10.3. The van der Waals surface area contributed by atoms with Crippen LogP contribution in [0.25, 0.3) is 0 Å². The number of carbonyl (C=O) groups is 1. The van der Waals surface area contributed by atoms with E-state index >= 15 is 0 Å². The maximum atomic E-state index is 11.5. The average Bonchev–Trinajstić information content (AvgIpc) is 2.41. The summed E-state index contributed by atoms with van der Waals surface area (Å²) in [5.74, 6) is 0.0951. The number of nitrogens with two attached hydrogens (primary N) is 1. The monoisotopic (exact) mass is 250 g/mol. The van der Waals surface area contributed by atoms with Crippen LogP contribution < -0.4 is 11.1 Å². The number of nitrogens with one attached hydrogen (secondary N) is 1. The van der Waals surface area contributed by atoms with Crippen molar-refractivity contribution in [2.45, 2.75) is 19.3 Å². The van der Waals surface area contributed by atoms with Crippen molar-refractivity contribution in [2.24, 2.45) is 5.73 Å². The lowest BCUT2D eigenvalue weighted by Crippen LogP contribution is -2.25. The highest BCUT2D eigenvalue weighted by Crippen LogP contribution is 2.01. The number of hydrogen-bond acceptors (Lipinski definition) is 3. The van der Waals surface area contributed by atoms with E-state index in [-0.39, 0.29) is 5.91 Å². The second-order valence-corrected chi connectivity index (χ2v) is 4.09. The van der Waals surface area contributed by atoms with Crippen LogP contribution in [0.1, 0.15) is 18.4 Å². The minimum absolute atomic E-state index is 0.0951. The first-order chi connectivity index (χ1) is 8.83. The zero-order valence-electron chi connectivity index (χ0n) is 10.7. The van der Waals surface area contributed by atoms with Crippen LogP contribution in [-0.2, 0) is 16.0 Å². The van der Waals surface area contributed by atoms with Crippen LogP contribution in [0.2, 0.25) is 0 Å². The largest absolute Gasteiger partial charge is 0.380 e. The molecule has 0 fully saturated rings. The third kappa shape index (κ3) is 7.04. The van der Waals surface area contributed by atoms with Gasteiger partial charge in [0.05, 0.1) is 6.61 Å². The SMILES string of the molecule is NCCOCCCNC(=O)CCc1ccccc1. The lowest BCUT2D eigenvalue weighted by atomic mass is 10.1. The quantitative estimate of drug-likeness (QED) is 0.645. The van der Waals surface area contributed by atoms with Crippen molar-refractivity contribution in [1.29, 1.82) is 0 Å². The van der Waals surface area contributed by atoms with Crippen LogP contribution in [-0.4, -0.2) is 32.2 Å². The molecule has 1 aromatic carbocycles. The molecule has 0 saturated carbocycles. The first-order valence-corrected chi connectivity index (χ1v) is 6.41. The zero-order valence-corrected chi connectivity index (χ0v) is 10.7. The van der Waals surface area contributed by atoms with Gasteiger partial charge in [0.25, 0.3) is 0 Å². The Bertz CT molecular complexity index is 328. The average molecular weight is 250 g/mol. The van der Waals surface area contributed by atoms with Gasteiger partial charge < -0.3 is 15.8 Å². The van der Waals surface area contributed by atoms with Gasteiger partial charge in [-0.25, -0.2) is 0 Å². The predicted octanol–water partition coefficient (Wildman–Crippen LogP) is 1.10. The Morgan fingerprint density at radius 2 is 2.00 bits per heavy atom. The molecule has 100 valence electrons. The van der Waals surface area contributed by atoms with Gasteiger partial charge in [-0.15, -0.1) is 0 Å². The lowest BCUT2D eigenvalue weighted by Gasteiger charge is -2.05. The molecule has 0 radical (unpaired) electrons. The molecule has 0 bridgehead atoms. The third-order valence-electron chi connectivity index (χ3n) is 2.53. The number of carbonyl (C=O) groups excluding carboxylic acids is 1. The number of amides is 1. The molecule has 0 aliphatic heterocycles. The van der Waals surface area contributed by atoms with Crippen LogP contribution in [0, 0.1) is 0 Å². The number of rotatable bonds is 9. The standard InChI is InChI=1S/C14H22N2O2/c15-9-12-18-11-4-10-16-14(17)8-7-13-5-2-1-3-6-13/h1-3,5-6H,4,7-12,15H2,(H,16,17).